The van der Waals surface area contributed by atoms with Crippen molar-refractivity contribution in [3.63, 3.8) is 0 Å². The van der Waals surface area contributed by atoms with Crippen molar-refractivity contribution in [2.24, 2.45) is 0 Å². The zero-order chi connectivity index (χ0) is 34.4. The molecule has 3 aliphatic heterocycles. The number of benzene rings is 8. The molecule has 5 heteroatoms. The van der Waals surface area contributed by atoms with E-state index in [-0.39, 0.29) is 13.6 Å². The summed E-state index contributed by atoms with van der Waals surface area (Å²) in [6.45, 7) is -0.0122. The lowest BCUT2D eigenvalue weighted by molar-refractivity contribution is 0.672. The first kappa shape index (κ1) is 27.9. The van der Waals surface area contributed by atoms with E-state index in [1.807, 2.05) is 0 Å². The maximum atomic E-state index is 7.09. The molecule has 3 aliphatic rings. The van der Waals surface area contributed by atoms with E-state index in [2.05, 4.69) is 179 Å². The Bertz CT molecular complexity index is 3110. The number of fused-ring (bicyclic) bond motifs is 12. The van der Waals surface area contributed by atoms with Crippen LogP contribution in [0, 0.1) is 0 Å². The molecular formula is C48H28B2N2O. The lowest BCUT2D eigenvalue weighted by Crippen LogP contribution is -2.67. The molecule has 2 aromatic heterocycles. The van der Waals surface area contributed by atoms with Crippen molar-refractivity contribution in [1.29, 1.82) is 0 Å². The van der Waals surface area contributed by atoms with Gasteiger partial charge in [0, 0.05) is 49.7 Å². The van der Waals surface area contributed by atoms with Crippen LogP contribution in [0.2, 0.25) is 0 Å². The van der Waals surface area contributed by atoms with Crippen molar-refractivity contribution in [2.75, 3.05) is 4.81 Å². The average Bonchev–Trinajstić information content (AvgIpc) is 3.76. The number of hydrogen-bond donors (Lipinski definition) is 0. The predicted molar refractivity (Wildman–Crippen MR) is 224 cm³/mol. The monoisotopic (exact) mass is 670 g/mol. The van der Waals surface area contributed by atoms with Gasteiger partial charge in [-0.05, 0) is 68.8 Å². The normalized spacial score (nSPS) is 13.5. The summed E-state index contributed by atoms with van der Waals surface area (Å²) < 4.78 is 9.54. The Morgan fingerprint density at radius 2 is 1.00 bits per heavy atom. The van der Waals surface area contributed by atoms with E-state index in [0.717, 1.165) is 27.6 Å². The van der Waals surface area contributed by atoms with Crippen molar-refractivity contribution in [3.8, 4) is 27.9 Å². The number of nitrogens with zero attached hydrogens (tertiary/aromatic N) is 2. The van der Waals surface area contributed by atoms with Crippen molar-refractivity contribution in [1.82, 2.24) is 4.57 Å². The largest absolute Gasteiger partial charge is 0.457 e. The summed E-state index contributed by atoms with van der Waals surface area (Å²) in [5.41, 5.74) is 19.8. The molecule has 0 aliphatic carbocycles. The van der Waals surface area contributed by atoms with Gasteiger partial charge in [0.1, 0.15) is 11.2 Å². The Morgan fingerprint density at radius 3 is 1.72 bits per heavy atom. The second-order valence-electron chi connectivity index (χ2n) is 14.7. The van der Waals surface area contributed by atoms with Crippen LogP contribution in [0.4, 0.5) is 11.4 Å². The highest BCUT2D eigenvalue weighted by molar-refractivity contribution is 7.03. The summed E-state index contributed by atoms with van der Waals surface area (Å²) in [6, 6.07) is 62.7. The minimum absolute atomic E-state index is 0.0765. The zero-order valence-electron chi connectivity index (χ0n) is 28.6. The first-order chi connectivity index (χ1) is 26.3. The van der Waals surface area contributed by atoms with Crippen LogP contribution in [-0.4, -0.2) is 18.1 Å². The zero-order valence-corrected chi connectivity index (χ0v) is 28.6. The van der Waals surface area contributed by atoms with Crippen LogP contribution < -0.4 is 32.1 Å². The first-order valence-electron chi connectivity index (χ1n) is 18.5. The summed E-state index contributed by atoms with van der Waals surface area (Å²) in [5.74, 6) is 0. The second-order valence-corrected chi connectivity index (χ2v) is 14.7. The highest BCUT2D eigenvalue weighted by Crippen LogP contribution is 2.47. The minimum Gasteiger partial charge on any atom is -0.457 e. The lowest BCUT2D eigenvalue weighted by atomic mass is 9.31. The van der Waals surface area contributed by atoms with Crippen LogP contribution in [0.15, 0.2) is 174 Å². The number of para-hydroxylation sites is 5. The van der Waals surface area contributed by atoms with Gasteiger partial charge in [-0.3, -0.25) is 0 Å². The molecule has 242 valence electrons. The highest BCUT2D eigenvalue weighted by atomic mass is 16.3. The Morgan fingerprint density at radius 1 is 0.434 bits per heavy atom. The fourth-order valence-corrected chi connectivity index (χ4v) is 10.3. The van der Waals surface area contributed by atoms with Crippen LogP contribution >= 0.6 is 0 Å². The van der Waals surface area contributed by atoms with Crippen LogP contribution in [0.25, 0.3) is 71.7 Å². The molecule has 0 spiro atoms. The van der Waals surface area contributed by atoms with Crippen molar-refractivity contribution < 1.29 is 4.42 Å². The number of anilines is 2. The molecule has 5 heterocycles. The molecule has 13 rings (SSSR count). The van der Waals surface area contributed by atoms with Gasteiger partial charge < -0.3 is 13.8 Å². The molecule has 0 radical (unpaired) electrons. The molecule has 0 saturated carbocycles. The number of furan rings is 1. The SMILES string of the molecule is c1ccc(-n2c3ccccc3c3c(B4c5cccc6c5N5B(c7ccccc7-6)c6ccccc6-c6cccc4c65)c4oc5ccccc5c4cc32)cc1. The smallest absolute Gasteiger partial charge is 0.329 e. The van der Waals surface area contributed by atoms with E-state index in [9.17, 15) is 0 Å². The minimum atomic E-state index is -0.0888. The van der Waals surface area contributed by atoms with Gasteiger partial charge in [-0.2, -0.15) is 0 Å². The van der Waals surface area contributed by atoms with Gasteiger partial charge >= 0.3 is 6.85 Å². The summed E-state index contributed by atoms with van der Waals surface area (Å²) in [7, 11) is 0. The van der Waals surface area contributed by atoms with Gasteiger partial charge in [0.25, 0.3) is 6.71 Å². The molecule has 0 atom stereocenters. The van der Waals surface area contributed by atoms with Crippen molar-refractivity contribution >= 4 is 96.0 Å². The third-order valence-electron chi connectivity index (χ3n) is 12.2. The molecule has 0 N–H and O–H groups in total. The van der Waals surface area contributed by atoms with Gasteiger partial charge in [-0.15, -0.1) is 0 Å². The summed E-state index contributed by atoms with van der Waals surface area (Å²) in [5, 5.41) is 4.76. The van der Waals surface area contributed by atoms with E-state index in [1.165, 1.54) is 82.7 Å². The first-order valence-corrected chi connectivity index (χ1v) is 18.5. The van der Waals surface area contributed by atoms with E-state index < -0.39 is 0 Å². The number of rotatable bonds is 2. The lowest BCUT2D eigenvalue weighted by Gasteiger charge is -2.49. The molecule has 10 aromatic rings. The van der Waals surface area contributed by atoms with Gasteiger partial charge in [-0.1, -0.05) is 140 Å². The molecule has 8 aromatic carbocycles. The molecule has 0 bridgehead atoms. The summed E-state index contributed by atoms with van der Waals surface area (Å²) in [6.07, 6.45) is 0. The molecule has 0 fully saturated rings. The van der Waals surface area contributed by atoms with E-state index in [0.29, 0.717) is 0 Å². The molecule has 3 nitrogen and oxygen atoms in total. The van der Waals surface area contributed by atoms with Gasteiger partial charge in [0.05, 0.1) is 11.0 Å². The van der Waals surface area contributed by atoms with E-state index >= 15 is 0 Å². The van der Waals surface area contributed by atoms with Crippen LogP contribution in [0.5, 0.6) is 0 Å². The molecular weight excluding hydrogens is 642 g/mol. The molecule has 0 unspecified atom stereocenters. The van der Waals surface area contributed by atoms with Crippen molar-refractivity contribution in [2.45, 2.75) is 0 Å². The van der Waals surface area contributed by atoms with Crippen LogP contribution in [0.1, 0.15) is 0 Å². The average molecular weight is 670 g/mol. The van der Waals surface area contributed by atoms with Gasteiger partial charge in [0.2, 0.25) is 0 Å². The van der Waals surface area contributed by atoms with Crippen LogP contribution in [0.3, 0.4) is 0 Å². The summed E-state index contributed by atoms with van der Waals surface area (Å²) in [4.78, 5) is 2.68. The fraction of sp³-hybridized carbons (Fsp3) is 0. The molecule has 53 heavy (non-hydrogen) atoms. The maximum Gasteiger partial charge on any atom is 0.329 e. The van der Waals surface area contributed by atoms with Gasteiger partial charge in [0.15, 0.2) is 0 Å². The highest BCUT2D eigenvalue weighted by Gasteiger charge is 2.49. The molecule has 0 amide bonds. The topological polar surface area (TPSA) is 21.3 Å². The quantitative estimate of drug-likeness (QED) is 0.172. The Balaban J connectivity index is 1.26. The van der Waals surface area contributed by atoms with E-state index in [4.69, 9.17) is 4.42 Å². The third-order valence-corrected chi connectivity index (χ3v) is 12.2. The Hall–Kier alpha value is -6.71. The number of aromatic nitrogens is 1. The Labute approximate surface area is 306 Å². The standard InChI is InChI=1S/C48H28B2N2O/c1-2-14-29(15-3-1)51-41-26-10-6-19-35(41)44-42(51)28-36-32-18-7-11-27-43(32)53-48(36)45(44)49-39-24-12-20-33-30-16-4-8-22-37(30)50-38-23-9-5-17-31(38)34-21-13-25-40(49)47(34)52(50)46(33)39/h1-28H. The third kappa shape index (κ3) is 3.43. The fourth-order valence-electron chi connectivity index (χ4n) is 10.3. The predicted octanol–water partition coefficient (Wildman–Crippen LogP) is 8.42. The van der Waals surface area contributed by atoms with Crippen molar-refractivity contribution in [3.05, 3.63) is 170 Å². The number of hydrogen-bond acceptors (Lipinski definition) is 2. The second kappa shape index (κ2) is 9.99. The Kier molecular flexibility index (Phi) is 5.27. The maximum absolute atomic E-state index is 7.09. The van der Waals surface area contributed by atoms with Crippen LogP contribution in [-0.2, 0) is 0 Å². The van der Waals surface area contributed by atoms with Gasteiger partial charge in [-0.25, -0.2) is 0 Å². The molecule has 0 saturated heterocycles. The van der Waals surface area contributed by atoms with E-state index in [1.54, 1.807) is 0 Å². The summed E-state index contributed by atoms with van der Waals surface area (Å²) >= 11 is 0.